The molecule has 0 aromatic carbocycles. The first kappa shape index (κ1) is 12.0. The molecule has 0 aliphatic carbocycles. The second-order valence-corrected chi connectivity index (χ2v) is 3.97. The van der Waals surface area contributed by atoms with Crippen molar-refractivity contribution in [3.05, 3.63) is 0 Å². The quantitative estimate of drug-likeness (QED) is 0.652. The Bertz CT molecular complexity index is 97.2. The van der Waals surface area contributed by atoms with Gasteiger partial charge in [0.15, 0.2) is 0 Å². The monoisotopic (exact) mass is 171 g/mol. The average Bonchev–Trinajstić information content (AvgIpc) is 2.12. The Kier molecular flexibility index (Phi) is 6.45. The maximum Gasteiger partial charge on any atom is 0.00620 e. The van der Waals surface area contributed by atoms with Gasteiger partial charge in [-0.05, 0) is 24.7 Å². The van der Waals surface area contributed by atoms with Crippen molar-refractivity contribution in [1.29, 1.82) is 0 Å². The summed E-state index contributed by atoms with van der Waals surface area (Å²) in [5.74, 6) is 1.58. The molecule has 0 saturated carbocycles. The molecular formula is C11H25N. The van der Waals surface area contributed by atoms with Gasteiger partial charge in [0.25, 0.3) is 0 Å². The fourth-order valence-corrected chi connectivity index (χ4v) is 1.72. The van der Waals surface area contributed by atoms with Crippen LogP contribution >= 0.6 is 0 Å². The molecule has 2 unspecified atom stereocenters. The van der Waals surface area contributed by atoms with Crippen molar-refractivity contribution in [3.8, 4) is 0 Å². The molecule has 0 aromatic heterocycles. The van der Waals surface area contributed by atoms with E-state index in [0.29, 0.717) is 12.0 Å². The van der Waals surface area contributed by atoms with Gasteiger partial charge in [-0.3, -0.25) is 0 Å². The minimum atomic E-state index is 0.408. The highest BCUT2D eigenvalue weighted by atomic mass is 14.6. The molecule has 74 valence electrons. The molecule has 0 aromatic rings. The van der Waals surface area contributed by atoms with Crippen molar-refractivity contribution in [2.75, 3.05) is 0 Å². The van der Waals surface area contributed by atoms with E-state index >= 15 is 0 Å². The van der Waals surface area contributed by atoms with Crippen LogP contribution in [0.3, 0.4) is 0 Å². The number of nitrogens with two attached hydrogens (primary N) is 1. The van der Waals surface area contributed by atoms with E-state index in [1.165, 1.54) is 19.3 Å². The van der Waals surface area contributed by atoms with Crippen LogP contribution in [0.1, 0.15) is 53.4 Å². The van der Waals surface area contributed by atoms with Crippen LogP contribution in [-0.2, 0) is 0 Å². The van der Waals surface area contributed by atoms with Crippen LogP contribution in [-0.4, -0.2) is 6.04 Å². The number of hydrogen-bond acceptors (Lipinski definition) is 1. The van der Waals surface area contributed by atoms with E-state index in [9.17, 15) is 0 Å². The van der Waals surface area contributed by atoms with Crippen molar-refractivity contribution in [1.82, 2.24) is 0 Å². The van der Waals surface area contributed by atoms with Crippen molar-refractivity contribution < 1.29 is 0 Å². The molecule has 0 heterocycles. The number of hydrogen-bond donors (Lipinski definition) is 1. The Morgan fingerprint density at radius 1 is 1.00 bits per heavy atom. The zero-order valence-electron chi connectivity index (χ0n) is 9.14. The molecule has 0 amide bonds. The van der Waals surface area contributed by atoms with E-state index in [0.717, 1.165) is 12.3 Å². The fourth-order valence-electron chi connectivity index (χ4n) is 1.72. The molecular weight excluding hydrogens is 146 g/mol. The van der Waals surface area contributed by atoms with E-state index in [2.05, 4.69) is 27.7 Å². The Morgan fingerprint density at radius 2 is 1.50 bits per heavy atom. The first-order valence-electron chi connectivity index (χ1n) is 5.41. The van der Waals surface area contributed by atoms with Crippen molar-refractivity contribution in [2.45, 2.75) is 59.4 Å². The van der Waals surface area contributed by atoms with Gasteiger partial charge in [0, 0.05) is 6.04 Å². The summed E-state index contributed by atoms with van der Waals surface area (Å²) in [6.07, 6.45) is 5.03. The maximum absolute atomic E-state index is 5.97. The van der Waals surface area contributed by atoms with Crippen molar-refractivity contribution in [2.24, 2.45) is 17.6 Å². The number of rotatable bonds is 6. The largest absolute Gasteiger partial charge is 0.327 e. The van der Waals surface area contributed by atoms with Gasteiger partial charge in [0.05, 0.1) is 0 Å². The highest BCUT2D eigenvalue weighted by Gasteiger charge is 2.14. The van der Waals surface area contributed by atoms with Crippen LogP contribution in [0.5, 0.6) is 0 Å². The van der Waals surface area contributed by atoms with Crippen LogP contribution < -0.4 is 5.73 Å². The van der Waals surface area contributed by atoms with Crippen LogP contribution in [0, 0.1) is 11.8 Å². The van der Waals surface area contributed by atoms with Gasteiger partial charge in [-0.2, -0.15) is 0 Å². The van der Waals surface area contributed by atoms with E-state index in [1.54, 1.807) is 0 Å². The predicted molar refractivity (Wildman–Crippen MR) is 56.1 cm³/mol. The minimum Gasteiger partial charge on any atom is -0.327 e. The molecule has 0 fully saturated rings. The van der Waals surface area contributed by atoms with Crippen LogP contribution in [0.25, 0.3) is 0 Å². The van der Waals surface area contributed by atoms with Gasteiger partial charge >= 0.3 is 0 Å². The van der Waals surface area contributed by atoms with Gasteiger partial charge in [0.1, 0.15) is 0 Å². The van der Waals surface area contributed by atoms with Gasteiger partial charge in [0.2, 0.25) is 0 Å². The molecule has 1 nitrogen and oxygen atoms in total. The third kappa shape index (κ3) is 4.10. The third-order valence-electron chi connectivity index (χ3n) is 3.06. The summed E-state index contributed by atoms with van der Waals surface area (Å²) in [6.45, 7) is 9.01. The molecule has 1 heteroatoms. The first-order chi connectivity index (χ1) is 5.65. The Labute approximate surface area is 77.7 Å². The summed E-state index contributed by atoms with van der Waals surface area (Å²) in [5.41, 5.74) is 5.97. The highest BCUT2D eigenvalue weighted by Crippen LogP contribution is 2.21. The molecule has 2 atom stereocenters. The molecule has 0 aliphatic heterocycles. The maximum atomic E-state index is 5.97. The molecule has 0 bridgehead atoms. The van der Waals surface area contributed by atoms with E-state index in [4.69, 9.17) is 5.73 Å². The van der Waals surface area contributed by atoms with E-state index in [1.807, 2.05) is 0 Å². The van der Waals surface area contributed by atoms with Crippen LogP contribution in [0.2, 0.25) is 0 Å². The van der Waals surface area contributed by atoms with Gasteiger partial charge in [-0.25, -0.2) is 0 Å². The molecule has 2 N–H and O–H groups in total. The molecule has 0 radical (unpaired) electrons. The van der Waals surface area contributed by atoms with Crippen LogP contribution in [0.4, 0.5) is 0 Å². The second kappa shape index (κ2) is 6.47. The second-order valence-electron chi connectivity index (χ2n) is 3.97. The molecule has 12 heavy (non-hydrogen) atoms. The lowest BCUT2D eigenvalue weighted by Gasteiger charge is -2.22. The zero-order valence-corrected chi connectivity index (χ0v) is 9.14. The molecule has 0 saturated heterocycles. The lowest BCUT2D eigenvalue weighted by molar-refractivity contribution is 0.324. The van der Waals surface area contributed by atoms with Gasteiger partial charge in [-0.15, -0.1) is 0 Å². The summed E-state index contributed by atoms with van der Waals surface area (Å²) in [4.78, 5) is 0. The fraction of sp³-hybridized carbons (Fsp3) is 1.00. The summed E-state index contributed by atoms with van der Waals surface area (Å²) < 4.78 is 0. The topological polar surface area (TPSA) is 26.0 Å². The van der Waals surface area contributed by atoms with Crippen molar-refractivity contribution >= 4 is 0 Å². The van der Waals surface area contributed by atoms with Gasteiger partial charge in [-0.1, -0.05) is 40.5 Å². The molecule has 0 spiro atoms. The molecule has 0 aliphatic rings. The molecule has 0 rings (SSSR count). The Morgan fingerprint density at radius 3 is 1.83 bits per heavy atom. The SMILES string of the molecule is CCC(CC)CC(C)C(N)CC. The first-order valence-corrected chi connectivity index (χ1v) is 5.41. The zero-order chi connectivity index (χ0) is 9.56. The van der Waals surface area contributed by atoms with Gasteiger partial charge < -0.3 is 5.73 Å². The lowest BCUT2D eigenvalue weighted by Crippen LogP contribution is -2.28. The Hall–Kier alpha value is -0.0400. The highest BCUT2D eigenvalue weighted by molar-refractivity contribution is 4.70. The smallest absolute Gasteiger partial charge is 0.00620 e. The van der Waals surface area contributed by atoms with E-state index in [-0.39, 0.29) is 0 Å². The third-order valence-corrected chi connectivity index (χ3v) is 3.06. The minimum absolute atomic E-state index is 0.408. The normalized spacial score (nSPS) is 16.5. The standard InChI is InChI=1S/C11H25N/c1-5-10(6-2)8-9(4)11(12)7-3/h9-11H,5-8,12H2,1-4H3. The summed E-state index contributed by atoms with van der Waals surface area (Å²) in [7, 11) is 0. The van der Waals surface area contributed by atoms with Crippen LogP contribution in [0.15, 0.2) is 0 Å². The summed E-state index contributed by atoms with van der Waals surface area (Å²) >= 11 is 0. The predicted octanol–water partition coefficient (Wildman–Crippen LogP) is 3.19. The summed E-state index contributed by atoms with van der Waals surface area (Å²) in [5, 5.41) is 0. The van der Waals surface area contributed by atoms with E-state index < -0.39 is 0 Å². The summed E-state index contributed by atoms with van der Waals surface area (Å²) in [6, 6.07) is 0.408. The lowest BCUT2D eigenvalue weighted by atomic mass is 9.87. The van der Waals surface area contributed by atoms with Crippen molar-refractivity contribution in [3.63, 3.8) is 0 Å². The average molecular weight is 171 g/mol. The Balaban J connectivity index is 3.72.